The number of hydrogen-bond acceptors (Lipinski definition) is 3. The number of aromatic nitrogens is 1. The SMILES string of the molecule is O=[N+]([O-])/C=C/c1ccncc1Br. The van der Waals surface area contributed by atoms with Gasteiger partial charge in [-0.05, 0) is 27.6 Å². The highest BCUT2D eigenvalue weighted by Gasteiger charge is 1.95. The first-order valence-corrected chi connectivity index (χ1v) is 3.90. The van der Waals surface area contributed by atoms with Gasteiger partial charge in [-0.25, -0.2) is 0 Å². The quantitative estimate of drug-likeness (QED) is 0.576. The van der Waals surface area contributed by atoms with Crippen LogP contribution in [-0.2, 0) is 0 Å². The average molecular weight is 229 g/mol. The summed E-state index contributed by atoms with van der Waals surface area (Å²) in [6, 6.07) is 1.68. The zero-order chi connectivity index (χ0) is 8.97. The summed E-state index contributed by atoms with van der Waals surface area (Å²) in [5, 5.41) is 9.97. The lowest BCUT2D eigenvalue weighted by molar-refractivity contribution is -0.400. The number of rotatable bonds is 2. The zero-order valence-electron chi connectivity index (χ0n) is 5.98. The van der Waals surface area contributed by atoms with Gasteiger partial charge in [-0.2, -0.15) is 0 Å². The maximum Gasteiger partial charge on any atom is 0.235 e. The fraction of sp³-hybridized carbons (Fsp3) is 0. The largest absolute Gasteiger partial charge is 0.264 e. The first-order chi connectivity index (χ1) is 5.70. The molecule has 62 valence electrons. The second-order valence-corrected chi connectivity index (χ2v) is 2.85. The lowest BCUT2D eigenvalue weighted by Crippen LogP contribution is -1.83. The molecule has 0 saturated heterocycles. The van der Waals surface area contributed by atoms with Gasteiger partial charge in [0.1, 0.15) is 0 Å². The lowest BCUT2D eigenvalue weighted by atomic mass is 10.3. The van der Waals surface area contributed by atoms with Crippen LogP contribution in [0, 0.1) is 10.1 Å². The van der Waals surface area contributed by atoms with Crippen LogP contribution < -0.4 is 0 Å². The van der Waals surface area contributed by atoms with Crippen LogP contribution in [0.25, 0.3) is 6.08 Å². The Balaban J connectivity index is 2.89. The normalized spacial score (nSPS) is 10.4. The van der Waals surface area contributed by atoms with E-state index in [1.54, 1.807) is 18.5 Å². The van der Waals surface area contributed by atoms with Crippen LogP contribution in [0.15, 0.2) is 29.1 Å². The first-order valence-electron chi connectivity index (χ1n) is 3.11. The molecule has 0 aliphatic heterocycles. The van der Waals surface area contributed by atoms with Crippen LogP contribution in [0.4, 0.5) is 0 Å². The molecule has 4 nitrogen and oxygen atoms in total. The molecule has 0 aliphatic carbocycles. The molecule has 0 fully saturated rings. The van der Waals surface area contributed by atoms with Crippen LogP contribution in [-0.4, -0.2) is 9.91 Å². The molecule has 0 amide bonds. The highest BCUT2D eigenvalue weighted by atomic mass is 79.9. The third-order valence-corrected chi connectivity index (χ3v) is 1.84. The van der Waals surface area contributed by atoms with Gasteiger partial charge < -0.3 is 0 Å². The van der Waals surface area contributed by atoms with Crippen LogP contribution >= 0.6 is 15.9 Å². The Bertz CT molecular complexity index is 325. The Morgan fingerprint density at radius 1 is 1.67 bits per heavy atom. The predicted octanol–water partition coefficient (Wildman–Crippen LogP) is 2.09. The minimum atomic E-state index is -0.507. The van der Waals surface area contributed by atoms with Crippen molar-refractivity contribution >= 4 is 22.0 Å². The van der Waals surface area contributed by atoms with E-state index in [-0.39, 0.29) is 0 Å². The smallest absolute Gasteiger partial charge is 0.235 e. The van der Waals surface area contributed by atoms with Gasteiger partial charge in [-0.3, -0.25) is 15.1 Å². The molecule has 0 radical (unpaired) electrons. The molecule has 0 unspecified atom stereocenters. The van der Waals surface area contributed by atoms with Crippen molar-refractivity contribution in [1.82, 2.24) is 4.98 Å². The highest BCUT2D eigenvalue weighted by Crippen LogP contribution is 2.15. The minimum absolute atomic E-state index is 0.507. The van der Waals surface area contributed by atoms with Crippen molar-refractivity contribution < 1.29 is 4.92 Å². The molecule has 12 heavy (non-hydrogen) atoms. The molecular weight excluding hydrogens is 224 g/mol. The number of nitrogens with zero attached hydrogens (tertiary/aromatic N) is 2. The van der Waals surface area contributed by atoms with Crippen molar-refractivity contribution in [3.63, 3.8) is 0 Å². The van der Waals surface area contributed by atoms with E-state index in [9.17, 15) is 10.1 Å². The molecule has 5 heteroatoms. The van der Waals surface area contributed by atoms with E-state index in [2.05, 4.69) is 20.9 Å². The van der Waals surface area contributed by atoms with E-state index < -0.39 is 4.92 Å². The van der Waals surface area contributed by atoms with Crippen LogP contribution in [0.3, 0.4) is 0 Å². The summed E-state index contributed by atoms with van der Waals surface area (Å²) in [6.07, 6.45) is 5.45. The van der Waals surface area contributed by atoms with Crippen molar-refractivity contribution in [2.75, 3.05) is 0 Å². The van der Waals surface area contributed by atoms with Gasteiger partial charge in [0.2, 0.25) is 6.20 Å². The van der Waals surface area contributed by atoms with Crippen molar-refractivity contribution in [1.29, 1.82) is 0 Å². The summed E-state index contributed by atoms with van der Waals surface area (Å²) < 4.78 is 0.739. The van der Waals surface area contributed by atoms with Gasteiger partial charge in [0.15, 0.2) is 0 Å². The Morgan fingerprint density at radius 3 is 3.00 bits per heavy atom. The Morgan fingerprint density at radius 2 is 2.42 bits per heavy atom. The van der Waals surface area contributed by atoms with E-state index in [4.69, 9.17) is 0 Å². The fourth-order valence-corrected chi connectivity index (χ4v) is 1.04. The van der Waals surface area contributed by atoms with Gasteiger partial charge in [0.05, 0.1) is 4.92 Å². The second kappa shape index (κ2) is 3.96. The molecule has 0 N–H and O–H groups in total. The molecule has 0 spiro atoms. The fourth-order valence-electron chi connectivity index (χ4n) is 0.662. The highest BCUT2D eigenvalue weighted by molar-refractivity contribution is 9.10. The van der Waals surface area contributed by atoms with Gasteiger partial charge in [-0.15, -0.1) is 0 Å². The molecule has 1 rings (SSSR count). The summed E-state index contributed by atoms with van der Waals surface area (Å²) in [5.41, 5.74) is 0.738. The molecule has 0 aromatic carbocycles. The maximum atomic E-state index is 9.97. The van der Waals surface area contributed by atoms with Crippen molar-refractivity contribution in [3.05, 3.63) is 44.8 Å². The van der Waals surface area contributed by atoms with Gasteiger partial charge in [-0.1, -0.05) is 0 Å². The summed E-state index contributed by atoms with van der Waals surface area (Å²) in [6.45, 7) is 0. The number of pyridine rings is 1. The van der Waals surface area contributed by atoms with Crippen LogP contribution in [0.1, 0.15) is 5.56 Å². The summed E-state index contributed by atoms with van der Waals surface area (Å²) >= 11 is 3.21. The van der Waals surface area contributed by atoms with E-state index in [1.165, 1.54) is 6.08 Å². The Hall–Kier alpha value is -1.23. The maximum absolute atomic E-state index is 9.97. The van der Waals surface area contributed by atoms with Crippen molar-refractivity contribution in [3.8, 4) is 0 Å². The minimum Gasteiger partial charge on any atom is -0.264 e. The summed E-state index contributed by atoms with van der Waals surface area (Å²) in [4.78, 5) is 13.3. The molecule has 0 atom stereocenters. The van der Waals surface area contributed by atoms with Gasteiger partial charge >= 0.3 is 0 Å². The Kier molecular flexibility index (Phi) is 2.93. The van der Waals surface area contributed by atoms with Crippen molar-refractivity contribution in [2.45, 2.75) is 0 Å². The Labute approximate surface area is 77.2 Å². The van der Waals surface area contributed by atoms with Gasteiger partial charge in [0.25, 0.3) is 0 Å². The molecule has 1 heterocycles. The predicted molar refractivity (Wildman–Crippen MR) is 48.0 cm³/mol. The summed E-state index contributed by atoms with van der Waals surface area (Å²) in [5.74, 6) is 0. The average Bonchev–Trinajstić information content (AvgIpc) is 2.03. The van der Waals surface area contributed by atoms with Crippen LogP contribution in [0.5, 0.6) is 0 Å². The van der Waals surface area contributed by atoms with E-state index in [0.717, 1.165) is 16.2 Å². The molecular formula is C7H5BrN2O2. The number of nitro groups is 1. The molecule has 0 bridgehead atoms. The molecule has 0 aliphatic rings. The second-order valence-electron chi connectivity index (χ2n) is 2.00. The van der Waals surface area contributed by atoms with E-state index >= 15 is 0 Å². The summed E-state index contributed by atoms with van der Waals surface area (Å²) in [7, 11) is 0. The lowest BCUT2D eigenvalue weighted by Gasteiger charge is -1.92. The first kappa shape index (κ1) is 8.86. The van der Waals surface area contributed by atoms with E-state index in [1.807, 2.05) is 0 Å². The van der Waals surface area contributed by atoms with E-state index in [0.29, 0.717) is 0 Å². The molecule has 1 aromatic rings. The van der Waals surface area contributed by atoms with Crippen molar-refractivity contribution in [2.24, 2.45) is 0 Å². The number of hydrogen-bond donors (Lipinski definition) is 0. The monoisotopic (exact) mass is 228 g/mol. The molecule has 1 aromatic heterocycles. The van der Waals surface area contributed by atoms with Crippen LogP contribution in [0.2, 0.25) is 0 Å². The molecule has 0 saturated carbocycles. The third-order valence-electron chi connectivity index (χ3n) is 1.18. The third kappa shape index (κ3) is 2.43. The van der Waals surface area contributed by atoms with Gasteiger partial charge in [0, 0.05) is 22.9 Å². The standard InChI is InChI=1S/C7H5BrN2O2/c8-7-5-9-3-1-6(7)2-4-10(11)12/h1-5H/b4-2+. The zero-order valence-corrected chi connectivity index (χ0v) is 7.56. The topological polar surface area (TPSA) is 56.0 Å². The number of halogens is 1.